The maximum atomic E-state index is 10.7. The van der Waals surface area contributed by atoms with Crippen molar-refractivity contribution in [2.75, 3.05) is 19.6 Å². The number of hydrogen-bond acceptors (Lipinski definition) is 3. The fourth-order valence-corrected chi connectivity index (χ4v) is 1.40. The molecule has 0 heterocycles. The molecule has 0 aliphatic rings. The summed E-state index contributed by atoms with van der Waals surface area (Å²) in [6.45, 7) is 6.34. The Morgan fingerprint density at radius 1 is 1.20 bits per heavy atom. The van der Waals surface area contributed by atoms with Gasteiger partial charge in [-0.15, -0.1) is 0 Å². The summed E-state index contributed by atoms with van der Waals surface area (Å²) < 4.78 is 0. The van der Waals surface area contributed by atoms with Crippen LogP contribution in [0.3, 0.4) is 0 Å². The molecule has 0 spiro atoms. The minimum atomic E-state index is -1.05. The highest BCUT2D eigenvalue weighted by molar-refractivity contribution is 5.77. The fourth-order valence-electron chi connectivity index (χ4n) is 1.40. The molecule has 1 atom stereocenters. The van der Waals surface area contributed by atoms with E-state index in [0.717, 1.165) is 13.1 Å². The molecular weight excluding hydrogens is 198 g/mol. The van der Waals surface area contributed by atoms with Crippen LogP contribution in [0.2, 0.25) is 0 Å². The van der Waals surface area contributed by atoms with Crippen molar-refractivity contribution in [1.29, 1.82) is 0 Å². The number of carboxylic acids is 2. The Morgan fingerprint density at radius 3 is 2.07 bits per heavy atom. The topological polar surface area (TPSA) is 77.8 Å². The number of aliphatic carboxylic acids is 2. The normalized spacial score (nSPS) is 12.7. The molecule has 15 heavy (non-hydrogen) atoms. The van der Waals surface area contributed by atoms with Gasteiger partial charge in [0.2, 0.25) is 0 Å². The van der Waals surface area contributed by atoms with Crippen LogP contribution in [0.15, 0.2) is 0 Å². The number of carbonyl (C=O) groups is 2. The second kappa shape index (κ2) is 7.23. The average Bonchev–Trinajstić information content (AvgIpc) is 2.16. The van der Waals surface area contributed by atoms with E-state index < -0.39 is 17.9 Å². The summed E-state index contributed by atoms with van der Waals surface area (Å²) >= 11 is 0. The number of carboxylic acid groups (broad SMARTS) is 2. The third-order valence-corrected chi connectivity index (χ3v) is 2.46. The predicted molar refractivity (Wildman–Crippen MR) is 55.8 cm³/mol. The second-order valence-electron chi connectivity index (χ2n) is 3.45. The number of hydrogen-bond donors (Lipinski definition) is 2. The molecule has 0 saturated carbocycles. The standard InChI is InChI=1S/C10H19NO4/c1-3-11(4-2)6-5-8(10(14)15)7-9(12)13/h8H,3-7H2,1-2H3,(H,12,13)(H,14,15). The molecule has 0 amide bonds. The van der Waals surface area contributed by atoms with E-state index in [0.29, 0.717) is 13.0 Å². The number of rotatable bonds is 8. The van der Waals surface area contributed by atoms with Gasteiger partial charge in [0.1, 0.15) is 0 Å². The first-order valence-corrected chi connectivity index (χ1v) is 5.18. The molecule has 5 heteroatoms. The zero-order valence-electron chi connectivity index (χ0n) is 9.27. The van der Waals surface area contributed by atoms with Gasteiger partial charge in [-0.05, 0) is 26.1 Å². The molecule has 0 aliphatic heterocycles. The molecule has 0 rings (SSSR count). The van der Waals surface area contributed by atoms with E-state index in [4.69, 9.17) is 10.2 Å². The quantitative estimate of drug-likeness (QED) is 0.631. The second-order valence-corrected chi connectivity index (χ2v) is 3.45. The van der Waals surface area contributed by atoms with Gasteiger partial charge in [0.25, 0.3) is 0 Å². The molecule has 0 saturated heterocycles. The highest BCUT2D eigenvalue weighted by Gasteiger charge is 2.21. The lowest BCUT2D eigenvalue weighted by Gasteiger charge is -2.19. The van der Waals surface area contributed by atoms with Crippen LogP contribution in [0, 0.1) is 5.92 Å². The summed E-state index contributed by atoms with van der Waals surface area (Å²) in [6.07, 6.45) is 0.0971. The van der Waals surface area contributed by atoms with E-state index in [2.05, 4.69) is 4.90 Å². The van der Waals surface area contributed by atoms with Crippen molar-refractivity contribution in [3.05, 3.63) is 0 Å². The van der Waals surface area contributed by atoms with E-state index in [-0.39, 0.29) is 6.42 Å². The van der Waals surface area contributed by atoms with E-state index in [1.165, 1.54) is 0 Å². The lowest BCUT2D eigenvalue weighted by Crippen LogP contribution is -2.28. The number of nitrogens with zero attached hydrogens (tertiary/aromatic N) is 1. The SMILES string of the molecule is CCN(CC)CCC(CC(=O)O)C(=O)O. The van der Waals surface area contributed by atoms with Crippen LogP contribution in [0.1, 0.15) is 26.7 Å². The van der Waals surface area contributed by atoms with E-state index in [9.17, 15) is 9.59 Å². The molecule has 0 aliphatic carbocycles. The molecule has 1 unspecified atom stereocenters. The monoisotopic (exact) mass is 217 g/mol. The van der Waals surface area contributed by atoms with Crippen molar-refractivity contribution in [2.45, 2.75) is 26.7 Å². The maximum Gasteiger partial charge on any atom is 0.307 e. The van der Waals surface area contributed by atoms with E-state index in [1.807, 2.05) is 13.8 Å². The van der Waals surface area contributed by atoms with Gasteiger partial charge in [-0.3, -0.25) is 9.59 Å². The Bertz CT molecular complexity index is 213. The molecule has 0 aromatic carbocycles. The van der Waals surface area contributed by atoms with Gasteiger partial charge in [-0.1, -0.05) is 13.8 Å². The van der Waals surface area contributed by atoms with Crippen molar-refractivity contribution in [2.24, 2.45) is 5.92 Å². The van der Waals surface area contributed by atoms with Crippen LogP contribution in [0.5, 0.6) is 0 Å². The van der Waals surface area contributed by atoms with Crippen LogP contribution >= 0.6 is 0 Å². The van der Waals surface area contributed by atoms with Crippen LogP contribution < -0.4 is 0 Å². The third kappa shape index (κ3) is 6.06. The van der Waals surface area contributed by atoms with E-state index >= 15 is 0 Å². The lowest BCUT2D eigenvalue weighted by molar-refractivity contribution is -0.148. The van der Waals surface area contributed by atoms with Gasteiger partial charge in [0.05, 0.1) is 12.3 Å². The first kappa shape index (κ1) is 13.9. The van der Waals surface area contributed by atoms with Gasteiger partial charge < -0.3 is 15.1 Å². The first-order chi connectivity index (χ1) is 7.01. The third-order valence-electron chi connectivity index (χ3n) is 2.46. The molecule has 0 aromatic heterocycles. The Morgan fingerprint density at radius 2 is 1.73 bits per heavy atom. The summed E-state index contributed by atoms with van der Waals surface area (Å²) in [6, 6.07) is 0. The van der Waals surface area contributed by atoms with Crippen LogP contribution in [-0.4, -0.2) is 46.7 Å². The predicted octanol–water partition coefficient (Wildman–Crippen LogP) is 0.894. The average molecular weight is 217 g/mol. The Hall–Kier alpha value is -1.10. The fraction of sp³-hybridized carbons (Fsp3) is 0.800. The molecule has 0 radical (unpaired) electrons. The zero-order chi connectivity index (χ0) is 11.8. The minimum Gasteiger partial charge on any atom is -0.481 e. The molecule has 0 bridgehead atoms. The molecule has 5 nitrogen and oxygen atoms in total. The van der Waals surface area contributed by atoms with E-state index in [1.54, 1.807) is 0 Å². The van der Waals surface area contributed by atoms with Crippen LogP contribution in [-0.2, 0) is 9.59 Å². The largest absolute Gasteiger partial charge is 0.481 e. The van der Waals surface area contributed by atoms with Crippen LogP contribution in [0.4, 0.5) is 0 Å². The summed E-state index contributed by atoms with van der Waals surface area (Å²) in [7, 11) is 0. The van der Waals surface area contributed by atoms with Gasteiger partial charge in [-0.25, -0.2) is 0 Å². The summed E-state index contributed by atoms with van der Waals surface area (Å²) in [4.78, 5) is 23.2. The molecule has 0 fully saturated rings. The Balaban J connectivity index is 4.06. The first-order valence-electron chi connectivity index (χ1n) is 5.18. The Labute approximate surface area is 89.7 Å². The molecular formula is C10H19NO4. The van der Waals surface area contributed by atoms with Crippen molar-refractivity contribution in [3.8, 4) is 0 Å². The van der Waals surface area contributed by atoms with Crippen molar-refractivity contribution < 1.29 is 19.8 Å². The van der Waals surface area contributed by atoms with Gasteiger partial charge in [0.15, 0.2) is 0 Å². The van der Waals surface area contributed by atoms with Crippen LogP contribution in [0.25, 0.3) is 0 Å². The zero-order valence-corrected chi connectivity index (χ0v) is 9.27. The summed E-state index contributed by atoms with van der Waals surface area (Å²) in [5.41, 5.74) is 0. The van der Waals surface area contributed by atoms with Crippen molar-refractivity contribution >= 4 is 11.9 Å². The van der Waals surface area contributed by atoms with Gasteiger partial charge >= 0.3 is 11.9 Å². The Kier molecular flexibility index (Phi) is 6.70. The summed E-state index contributed by atoms with van der Waals surface area (Å²) in [5, 5.41) is 17.3. The van der Waals surface area contributed by atoms with Gasteiger partial charge in [-0.2, -0.15) is 0 Å². The van der Waals surface area contributed by atoms with Crippen molar-refractivity contribution in [3.63, 3.8) is 0 Å². The molecule has 2 N–H and O–H groups in total. The molecule has 88 valence electrons. The maximum absolute atomic E-state index is 10.7. The minimum absolute atomic E-state index is 0.295. The molecule has 0 aromatic rings. The highest BCUT2D eigenvalue weighted by atomic mass is 16.4. The highest BCUT2D eigenvalue weighted by Crippen LogP contribution is 2.10. The lowest BCUT2D eigenvalue weighted by atomic mass is 10.0. The smallest absolute Gasteiger partial charge is 0.307 e. The van der Waals surface area contributed by atoms with Crippen molar-refractivity contribution in [1.82, 2.24) is 4.90 Å². The summed E-state index contributed by atoms with van der Waals surface area (Å²) in [5.74, 6) is -2.85. The van der Waals surface area contributed by atoms with Gasteiger partial charge in [0, 0.05) is 0 Å².